The number of rotatable bonds is 5. The normalized spacial score (nSPS) is 12.5. The number of aliphatic hydroxyl groups excluding tert-OH is 1. The molecule has 1 heterocycles. The molecule has 1 unspecified atom stereocenters. The Labute approximate surface area is 144 Å². The summed E-state index contributed by atoms with van der Waals surface area (Å²) in [5, 5.41) is 28.0. The monoisotopic (exact) mass is 396 g/mol. The van der Waals surface area contributed by atoms with Crippen molar-refractivity contribution < 1.29 is 23.8 Å². The maximum Gasteiger partial charge on any atom is 0.374 e. The predicted molar refractivity (Wildman–Crippen MR) is 83.4 cm³/mol. The lowest BCUT2D eigenvalue weighted by molar-refractivity contribution is -0.164. The van der Waals surface area contributed by atoms with Gasteiger partial charge in [0, 0.05) is 6.42 Å². The lowest BCUT2D eigenvalue weighted by Crippen LogP contribution is -2.31. The molecule has 2 N–H and O–H groups in total. The van der Waals surface area contributed by atoms with Crippen LogP contribution in [0.1, 0.15) is 28.5 Å². The van der Waals surface area contributed by atoms with Crippen LogP contribution >= 0.6 is 15.9 Å². The lowest BCUT2D eigenvalue weighted by Gasteiger charge is -2.18. The Bertz CT molecular complexity index is 821. The number of pyridine rings is 1. The zero-order chi connectivity index (χ0) is 17.9. The predicted octanol–water partition coefficient (Wildman–Crippen LogP) is 3.06. The summed E-state index contributed by atoms with van der Waals surface area (Å²) >= 11 is 3.15. The van der Waals surface area contributed by atoms with Crippen LogP contribution in [-0.2, 0) is 11.2 Å². The molecule has 5 nitrogen and oxygen atoms in total. The molecule has 1 aromatic heterocycles. The number of halogens is 3. The topological polar surface area (TPSA) is 94.2 Å². The Hall–Kier alpha value is -2.37. The molecule has 0 fully saturated rings. The van der Waals surface area contributed by atoms with Crippen LogP contribution in [0.25, 0.3) is 0 Å². The van der Waals surface area contributed by atoms with Crippen LogP contribution in [0.5, 0.6) is 0 Å². The van der Waals surface area contributed by atoms with Gasteiger partial charge in [-0.05, 0) is 51.3 Å². The first-order valence-electron chi connectivity index (χ1n) is 6.69. The SMILES string of the molecule is N#Cc1ccc(C(O)c2cccc(Br)n2)c(CC(F)(F)C(=O)O)c1. The Morgan fingerprint density at radius 2 is 2.08 bits per heavy atom. The second kappa shape index (κ2) is 7.03. The number of carbonyl (C=O) groups is 1. The third-order valence-corrected chi connectivity index (χ3v) is 3.75. The zero-order valence-corrected chi connectivity index (χ0v) is 13.7. The number of nitriles is 1. The van der Waals surface area contributed by atoms with Gasteiger partial charge in [0.2, 0.25) is 0 Å². The van der Waals surface area contributed by atoms with Gasteiger partial charge in [0.25, 0.3) is 0 Å². The number of benzene rings is 1. The summed E-state index contributed by atoms with van der Waals surface area (Å²) in [6.07, 6.45) is -2.48. The minimum atomic E-state index is -4.02. The van der Waals surface area contributed by atoms with Crippen LogP contribution < -0.4 is 0 Å². The summed E-state index contributed by atoms with van der Waals surface area (Å²) in [7, 11) is 0. The van der Waals surface area contributed by atoms with Crippen molar-refractivity contribution in [1.82, 2.24) is 4.98 Å². The van der Waals surface area contributed by atoms with Gasteiger partial charge in [0.15, 0.2) is 0 Å². The summed E-state index contributed by atoms with van der Waals surface area (Å²) in [5.74, 6) is -6.29. The fraction of sp³-hybridized carbons (Fsp3) is 0.188. The summed E-state index contributed by atoms with van der Waals surface area (Å²) in [6, 6.07) is 10.4. The summed E-state index contributed by atoms with van der Waals surface area (Å²) in [6.45, 7) is 0. The number of aliphatic hydroxyl groups is 1. The first-order valence-corrected chi connectivity index (χ1v) is 7.48. The molecule has 0 aliphatic heterocycles. The van der Waals surface area contributed by atoms with Crippen molar-refractivity contribution in [3.8, 4) is 6.07 Å². The molecule has 24 heavy (non-hydrogen) atoms. The summed E-state index contributed by atoms with van der Waals surface area (Å²) in [5.41, 5.74) is 0.231. The largest absolute Gasteiger partial charge is 0.477 e. The number of aromatic nitrogens is 1. The van der Waals surface area contributed by atoms with Gasteiger partial charge in [-0.2, -0.15) is 14.0 Å². The van der Waals surface area contributed by atoms with Crippen LogP contribution in [0.4, 0.5) is 8.78 Å². The van der Waals surface area contributed by atoms with Gasteiger partial charge in [-0.1, -0.05) is 12.1 Å². The van der Waals surface area contributed by atoms with E-state index in [1.54, 1.807) is 18.2 Å². The fourth-order valence-electron chi connectivity index (χ4n) is 2.15. The highest BCUT2D eigenvalue weighted by molar-refractivity contribution is 9.10. The number of hydrogen-bond donors (Lipinski definition) is 2. The first kappa shape index (κ1) is 18.0. The third-order valence-electron chi connectivity index (χ3n) is 3.31. The molecule has 2 aromatic rings. The average molecular weight is 397 g/mol. The molecule has 0 saturated heterocycles. The lowest BCUT2D eigenvalue weighted by atomic mass is 9.94. The van der Waals surface area contributed by atoms with Crippen LogP contribution in [0, 0.1) is 11.3 Å². The quantitative estimate of drug-likeness (QED) is 0.757. The Morgan fingerprint density at radius 1 is 1.38 bits per heavy atom. The van der Waals surface area contributed by atoms with Gasteiger partial charge in [0.1, 0.15) is 10.7 Å². The molecule has 0 amide bonds. The molecular formula is C16H11BrF2N2O3. The van der Waals surface area contributed by atoms with Gasteiger partial charge < -0.3 is 10.2 Å². The van der Waals surface area contributed by atoms with E-state index < -0.39 is 24.4 Å². The second-order valence-corrected chi connectivity index (χ2v) is 5.81. The van der Waals surface area contributed by atoms with Crippen molar-refractivity contribution in [3.63, 3.8) is 0 Å². The number of carboxylic acid groups (broad SMARTS) is 1. The molecule has 0 bridgehead atoms. The van der Waals surface area contributed by atoms with Crippen LogP contribution in [-0.4, -0.2) is 27.1 Å². The molecule has 0 spiro atoms. The molecule has 1 atom stereocenters. The molecule has 2 rings (SSSR count). The zero-order valence-electron chi connectivity index (χ0n) is 12.1. The Kier molecular flexibility index (Phi) is 5.26. The van der Waals surface area contributed by atoms with E-state index in [0.29, 0.717) is 4.60 Å². The van der Waals surface area contributed by atoms with Gasteiger partial charge >= 0.3 is 11.9 Å². The standard InChI is InChI=1S/C16H11BrF2N2O3/c17-13-3-1-2-12(21-13)14(22)11-5-4-9(8-20)6-10(11)7-16(18,19)15(23)24/h1-6,14,22H,7H2,(H,23,24). The van der Waals surface area contributed by atoms with E-state index in [1.165, 1.54) is 18.2 Å². The van der Waals surface area contributed by atoms with Crippen molar-refractivity contribution in [2.75, 3.05) is 0 Å². The average Bonchev–Trinajstić information content (AvgIpc) is 2.53. The maximum absolute atomic E-state index is 13.6. The molecule has 8 heteroatoms. The third kappa shape index (κ3) is 3.93. The van der Waals surface area contributed by atoms with E-state index in [1.807, 2.05) is 0 Å². The van der Waals surface area contributed by atoms with Gasteiger partial charge in [-0.25, -0.2) is 9.78 Å². The highest BCUT2D eigenvalue weighted by Crippen LogP contribution is 2.30. The van der Waals surface area contributed by atoms with Gasteiger partial charge in [0.05, 0.1) is 17.3 Å². The smallest absolute Gasteiger partial charge is 0.374 e. The Balaban J connectivity index is 2.50. The molecule has 0 aliphatic carbocycles. The molecule has 0 aliphatic rings. The van der Waals surface area contributed by atoms with E-state index in [9.17, 15) is 18.7 Å². The van der Waals surface area contributed by atoms with E-state index in [0.717, 1.165) is 6.07 Å². The Morgan fingerprint density at radius 3 is 2.67 bits per heavy atom. The fourth-order valence-corrected chi connectivity index (χ4v) is 2.50. The molecule has 1 aromatic carbocycles. The van der Waals surface area contributed by atoms with Crippen LogP contribution in [0.3, 0.4) is 0 Å². The van der Waals surface area contributed by atoms with E-state index in [4.69, 9.17) is 10.4 Å². The number of alkyl halides is 2. The summed E-state index contributed by atoms with van der Waals surface area (Å²) < 4.78 is 27.6. The van der Waals surface area contributed by atoms with E-state index in [-0.39, 0.29) is 22.4 Å². The molecule has 0 radical (unpaired) electrons. The van der Waals surface area contributed by atoms with Gasteiger partial charge in [-0.3, -0.25) is 0 Å². The number of aliphatic carboxylic acids is 1. The van der Waals surface area contributed by atoms with Gasteiger partial charge in [-0.15, -0.1) is 0 Å². The molecule has 124 valence electrons. The second-order valence-electron chi connectivity index (χ2n) is 5.00. The minimum Gasteiger partial charge on any atom is -0.477 e. The van der Waals surface area contributed by atoms with Crippen LogP contribution in [0.15, 0.2) is 41.0 Å². The van der Waals surface area contributed by atoms with Crippen molar-refractivity contribution in [1.29, 1.82) is 5.26 Å². The summed E-state index contributed by atoms with van der Waals surface area (Å²) in [4.78, 5) is 14.7. The minimum absolute atomic E-state index is 0.0699. The molecular weight excluding hydrogens is 386 g/mol. The number of nitrogens with zero attached hydrogens (tertiary/aromatic N) is 2. The van der Waals surface area contributed by atoms with Crippen molar-refractivity contribution >= 4 is 21.9 Å². The van der Waals surface area contributed by atoms with E-state index >= 15 is 0 Å². The highest BCUT2D eigenvalue weighted by Gasteiger charge is 2.40. The van der Waals surface area contributed by atoms with Crippen molar-refractivity contribution in [2.45, 2.75) is 18.4 Å². The first-order chi connectivity index (χ1) is 11.2. The van der Waals surface area contributed by atoms with Crippen molar-refractivity contribution in [2.24, 2.45) is 0 Å². The highest BCUT2D eigenvalue weighted by atomic mass is 79.9. The molecule has 0 saturated carbocycles. The number of hydrogen-bond acceptors (Lipinski definition) is 4. The van der Waals surface area contributed by atoms with E-state index in [2.05, 4.69) is 20.9 Å². The maximum atomic E-state index is 13.6. The number of carboxylic acids is 1. The van der Waals surface area contributed by atoms with Crippen LogP contribution in [0.2, 0.25) is 0 Å². The van der Waals surface area contributed by atoms with Crippen molar-refractivity contribution in [3.05, 3.63) is 63.4 Å².